The van der Waals surface area contributed by atoms with Crippen molar-refractivity contribution in [1.82, 2.24) is 0 Å². The Balaban J connectivity index is 5.26. The Kier molecular flexibility index (Phi) is 13.9. The second-order valence-electron chi connectivity index (χ2n) is 10.5. The van der Waals surface area contributed by atoms with Gasteiger partial charge in [-0.05, 0) is 40.5 Å². The van der Waals surface area contributed by atoms with Crippen molar-refractivity contribution in [3.05, 3.63) is 0 Å². The lowest BCUT2D eigenvalue weighted by molar-refractivity contribution is -0.205. The quantitative estimate of drug-likeness (QED) is 0.126. The van der Waals surface area contributed by atoms with Gasteiger partial charge in [-0.3, -0.25) is 9.59 Å². The molecule has 0 aromatic carbocycles. The smallest absolute Gasteiger partial charge is 0.422 e. The molecule has 256 valence electrons. The minimum Gasteiger partial charge on any atom is -0.460 e. The molecule has 0 rings (SSSR count). The van der Waals surface area contributed by atoms with Crippen LogP contribution in [0.5, 0.6) is 0 Å². The minimum absolute atomic E-state index is 0.799. The molecule has 20 heteroatoms. The summed E-state index contributed by atoms with van der Waals surface area (Å²) in [5, 5.41) is 0. The highest BCUT2D eigenvalue weighted by atomic mass is 19.4. The van der Waals surface area contributed by atoms with Gasteiger partial charge in [0, 0.05) is 19.8 Å². The van der Waals surface area contributed by atoms with Crippen LogP contribution in [0.1, 0.15) is 66.7 Å². The summed E-state index contributed by atoms with van der Waals surface area (Å²) in [6, 6.07) is 0. The fourth-order valence-electron chi connectivity index (χ4n) is 2.94. The zero-order valence-electron chi connectivity index (χ0n) is 23.9. The molecular weight excluding hydrogens is 638 g/mol. The third-order valence-electron chi connectivity index (χ3n) is 5.10. The van der Waals surface area contributed by atoms with Crippen molar-refractivity contribution < 1.29 is 91.6 Å². The van der Waals surface area contributed by atoms with Crippen molar-refractivity contribution in [3.8, 4) is 0 Å². The van der Waals surface area contributed by atoms with E-state index < -0.39 is 117 Å². The van der Waals surface area contributed by atoms with Crippen LogP contribution in [0.2, 0.25) is 0 Å². The lowest BCUT2D eigenvalue weighted by atomic mass is 9.99. The molecule has 0 aromatic rings. The van der Waals surface area contributed by atoms with Gasteiger partial charge in [0.05, 0.1) is 6.42 Å². The van der Waals surface area contributed by atoms with E-state index in [1.807, 2.05) is 0 Å². The third-order valence-corrected chi connectivity index (χ3v) is 5.10. The topological polar surface area (TPSA) is 132 Å². The number of rotatable bonds is 16. The number of carbonyl (C=O) groups excluding carboxylic acids is 5. The van der Waals surface area contributed by atoms with E-state index in [0.29, 0.717) is 0 Å². The summed E-state index contributed by atoms with van der Waals surface area (Å²) in [5.41, 5.74) is -3.72. The largest absolute Gasteiger partial charge is 0.460 e. The molecule has 0 saturated carbocycles. The Morgan fingerprint density at radius 3 is 1.30 bits per heavy atom. The summed E-state index contributed by atoms with van der Waals surface area (Å²) in [5.74, 6) is -17.8. The van der Waals surface area contributed by atoms with Crippen LogP contribution in [0.4, 0.5) is 43.9 Å². The van der Waals surface area contributed by atoms with E-state index >= 15 is 0 Å². The van der Waals surface area contributed by atoms with E-state index in [1.54, 1.807) is 0 Å². The van der Waals surface area contributed by atoms with Crippen LogP contribution in [0.25, 0.3) is 0 Å². The van der Waals surface area contributed by atoms with Crippen molar-refractivity contribution >= 4 is 29.8 Å². The first-order valence-corrected chi connectivity index (χ1v) is 12.3. The first-order valence-electron chi connectivity index (χ1n) is 12.3. The van der Waals surface area contributed by atoms with E-state index in [0.717, 1.165) is 34.6 Å². The fraction of sp³-hybridized carbons (Fsp3) is 0.792. The van der Waals surface area contributed by atoms with Crippen LogP contribution < -0.4 is 0 Å². The van der Waals surface area contributed by atoms with Gasteiger partial charge in [0.1, 0.15) is 11.2 Å². The zero-order chi connectivity index (χ0) is 34.9. The Morgan fingerprint density at radius 2 is 0.955 bits per heavy atom. The maximum atomic E-state index is 14.0. The van der Waals surface area contributed by atoms with Gasteiger partial charge >= 0.3 is 54.0 Å². The normalized spacial score (nSPS) is 13.9. The van der Waals surface area contributed by atoms with E-state index in [2.05, 4.69) is 14.2 Å². The zero-order valence-corrected chi connectivity index (χ0v) is 23.9. The van der Waals surface area contributed by atoms with E-state index in [9.17, 15) is 67.9 Å². The average molecular weight is 668 g/mol. The number of ether oxygens (including phenoxy) is 5. The second kappa shape index (κ2) is 15.1. The van der Waals surface area contributed by atoms with Crippen LogP contribution in [0, 0.1) is 0 Å². The summed E-state index contributed by atoms with van der Waals surface area (Å²) < 4.78 is 150. The number of carbonyl (C=O) groups is 5. The molecule has 0 fully saturated rings. The highest BCUT2D eigenvalue weighted by Crippen LogP contribution is 2.31. The molecule has 0 aromatic heterocycles. The van der Waals surface area contributed by atoms with Crippen molar-refractivity contribution in [2.45, 2.75) is 108 Å². The van der Waals surface area contributed by atoms with Crippen LogP contribution in [0.15, 0.2) is 0 Å². The van der Waals surface area contributed by atoms with Crippen LogP contribution in [-0.4, -0.2) is 84.6 Å². The van der Waals surface area contributed by atoms with Gasteiger partial charge in [-0.1, -0.05) is 0 Å². The molecule has 0 heterocycles. The molecule has 1 unspecified atom stereocenters. The number of hydrogen-bond acceptors (Lipinski definition) is 10. The Labute approximate surface area is 243 Å². The van der Waals surface area contributed by atoms with E-state index in [-0.39, 0.29) is 0 Å². The van der Waals surface area contributed by atoms with Crippen molar-refractivity contribution in [2.24, 2.45) is 0 Å². The van der Waals surface area contributed by atoms with Gasteiger partial charge in [-0.25, -0.2) is 14.4 Å². The van der Waals surface area contributed by atoms with Gasteiger partial charge in [-0.15, -0.1) is 0 Å². The molecular formula is C24H30F10O10. The first kappa shape index (κ1) is 40.6. The predicted molar refractivity (Wildman–Crippen MR) is 123 cm³/mol. The molecule has 10 nitrogen and oxygen atoms in total. The fourth-order valence-corrected chi connectivity index (χ4v) is 2.94. The number of hydrogen-bond donors (Lipinski definition) is 0. The lowest BCUT2D eigenvalue weighted by Crippen LogP contribution is -2.41. The Bertz CT molecular complexity index is 1040. The van der Waals surface area contributed by atoms with Crippen LogP contribution >= 0.6 is 0 Å². The number of esters is 5. The summed E-state index contributed by atoms with van der Waals surface area (Å²) in [4.78, 5) is 59.0. The SMILES string of the molecule is CC(=O)OC(CC(=O)OC(C)(C)CCC(F)(F)C(=O)OCC(F)(F)F)C(=O)OC(C)(C)CCC(F)(F)C(=O)OCC(F)(F)F. The number of halogens is 10. The first-order chi connectivity index (χ1) is 19.5. The molecule has 0 bridgehead atoms. The molecule has 1 atom stereocenters. The number of alkyl halides is 10. The summed E-state index contributed by atoms with van der Waals surface area (Å²) >= 11 is 0. The van der Waals surface area contributed by atoms with Gasteiger partial charge in [0.25, 0.3) is 0 Å². The Morgan fingerprint density at radius 1 is 0.591 bits per heavy atom. The van der Waals surface area contributed by atoms with Crippen molar-refractivity contribution in [2.75, 3.05) is 13.2 Å². The molecule has 0 spiro atoms. The van der Waals surface area contributed by atoms with Crippen molar-refractivity contribution in [3.63, 3.8) is 0 Å². The minimum atomic E-state index is -5.07. The molecule has 0 N–H and O–H groups in total. The molecule has 0 radical (unpaired) electrons. The lowest BCUT2D eigenvalue weighted by Gasteiger charge is -2.30. The van der Waals surface area contributed by atoms with Gasteiger partial charge in [-0.2, -0.15) is 43.9 Å². The average Bonchev–Trinajstić information content (AvgIpc) is 2.81. The van der Waals surface area contributed by atoms with E-state index in [1.165, 1.54) is 0 Å². The highest BCUT2D eigenvalue weighted by Gasteiger charge is 2.46. The maximum absolute atomic E-state index is 14.0. The summed E-state index contributed by atoms with van der Waals surface area (Å²) in [6.07, 6.45) is -17.9. The monoisotopic (exact) mass is 668 g/mol. The highest BCUT2D eigenvalue weighted by molar-refractivity contribution is 5.84. The summed E-state index contributed by atoms with van der Waals surface area (Å²) in [6.45, 7) is 0.458. The van der Waals surface area contributed by atoms with Crippen LogP contribution in [-0.2, 0) is 47.7 Å². The van der Waals surface area contributed by atoms with E-state index in [4.69, 9.17) is 9.47 Å². The molecule has 44 heavy (non-hydrogen) atoms. The maximum Gasteiger partial charge on any atom is 0.422 e. The molecule has 0 saturated heterocycles. The second-order valence-corrected chi connectivity index (χ2v) is 10.5. The molecule has 0 amide bonds. The van der Waals surface area contributed by atoms with Gasteiger partial charge in [0.15, 0.2) is 13.2 Å². The van der Waals surface area contributed by atoms with Crippen molar-refractivity contribution in [1.29, 1.82) is 0 Å². The molecule has 0 aliphatic carbocycles. The van der Waals surface area contributed by atoms with Crippen LogP contribution in [0.3, 0.4) is 0 Å². The third kappa shape index (κ3) is 17.1. The Hall–Kier alpha value is -3.35. The van der Waals surface area contributed by atoms with Gasteiger partial charge in [0.2, 0.25) is 6.10 Å². The van der Waals surface area contributed by atoms with Gasteiger partial charge < -0.3 is 23.7 Å². The molecule has 0 aliphatic rings. The summed E-state index contributed by atoms with van der Waals surface area (Å²) in [7, 11) is 0. The molecule has 0 aliphatic heterocycles. The standard InChI is InChI=1S/C24H30F10O10/c1-13(35)42-14(16(37)44-20(4,5)7-9-22(27,28)18(39)41-12-24(32,33)34)10-15(36)43-19(2,3)6-8-21(25,26)17(38)40-11-23(29,30)31/h14H,6-12H2,1-5H3. The predicted octanol–water partition coefficient (Wildman–Crippen LogP) is 4.99.